The largest absolute Gasteiger partial charge is 0.374 e. The Morgan fingerprint density at radius 3 is 2.80 bits per heavy atom. The van der Waals surface area contributed by atoms with Gasteiger partial charge in [0.05, 0.1) is 12.7 Å². The average Bonchev–Trinajstić information content (AvgIpc) is 2.72. The number of hydrogen-bond acceptors (Lipinski definition) is 1. The molecule has 1 saturated carbocycles. The van der Waals surface area contributed by atoms with Gasteiger partial charge in [-0.3, -0.25) is 0 Å². The van der Waals surface area contributed by atoms with Gasteiger partial charge in [0.15, 0.2) is 0 Å². The molecular formula is C12H14BrClO. The summed E-state index contributed by atoms with van der Waals surface area (Å²) in [6.07, 6.45) is 5.48. The van der Waals surface area contributed by atoms with E-state index in [1.54, 1.807) is 0 Å². The van der Waals surface area contributed by atoms with E-state index in [2.05, 4.69) is 15.9 Å². The summed E-state index contributed by atoms with van der Waals surface area (Å²) in [6, 6.07) is 5.81. The van der Waals surface area contributed by atoms with E-state index in [1.165, 1.54) is 25.7 Å². The van der Waals surface area contributed by atoms with Gasteiger partial charge in [0.1, 0.15) is 0 Å². The Hall–Kier alpha value is -0.0500. The second-order valence-corrected chi connectivity index (χ2v) is 5.24. The van der Waals surface area contributed by atoms with Crippen molar-refractivity contribution in [1.29, 1.82) is 0 Å². The first kappa shape index (κ1) is 11.4. The molecule has 0 amide bonds. The molecule has 0 atom stereocenters. The number of halogens is 2. The van der Waals surface area contributed by atoms with Gasteiger partial charge in [0, 0.05) is 9.50 Å². The molecular weight excluding hydrogens is 275 g/mol. The zero-order valence-corrected chi connectivity index (χ0v) is 10.9. The van der Waals surface area contributed by atoms with E-state index in [4.69, 9.17) is 16.3 Å². The van der Waals surface area contributed by atoms with Crippen molar-refractivity contribution >= 4 is 27.5 Å². The van der Waals surface area contributed by atoms with Gasteiger partial charge in [0.25, 0.3) is 0 Å². The quantitative estimate of drug-likeness (QED) is 0.792. The van der Waals surface area contributed by atoms with Crippen LogP contribution in [0.3, 0.4) is 0 Å². The summed E-state index contributed by atoms with van der Waals surface area (Å²) in [5, 5.41) is 0.767. The summed E-state index contributed by atoms with van der Waals surface area (Å²) in [7, 11) is 0. The molecule has 0 radical (unpaired) electrons. The van der Waals surface area contributed by atoms with E-state index in [0.717, 1.165) is 15.1 Å². The third kappa shape index (κ3) is 3.20. The van der Waals surface area contributed by atoms with Crippen LogP contribution in [0.5, 0.6) is 0 Å². The molecule has 0 aliphatic heterocycles. The highest BCUT2D eigenvalue weighted by Gasteiger charge is 2.15. The van der Waals surface area contributed by atoms with Crippen molar-refractivity contribution in [3.8, 4) is 0 Å². The lowest BCUT2D eigenvalue weighted by atomic mass is 10.2. The van der Waals surface area contributed by atoms with Gasteiger partial charge in [-0.05, 0) is 36.6 Å². The maximum absolute atomic E-state index is 5.94. The van der Waals surface area contributed by atoms with E-state index in [-0.39, 0.29) is 0 Å². The number of rotatable bonds is 3. The molecule has 1 aliphatic rings. The Kier molecular flexibility index (Phi) is 4.06. The summed E-state index contributed by atoms with van der Waals surface area (Å²) in [5.41, 5.74) is 1.13. The summed E-state index contributed by atoms with van der Waals surface area (Å²) in [4.78, 5) is 0. The van der Waals surface area contributed by atoms with Crippen LogP contribution in [0.15, 0.2) is 22.7 Å². The van der Waals surface area contributed by atoms with Crippen LogP contribution in [0.25, 0.3) is 0 Å². The molecule has 0 unspecified atom stereocenters. The second-order valence-electron chi connectivity index (χ2n) is 3.95. The zero-order chi connectivity index (χ0) is 10.7. The third-order valence-electron chi connectivity index (χ3n) is 2.78. The minimum absolute atomic E-state index is 0.455. The van der Waals surface area contributed by atoms with Crippen LogP contribution in [-0.2, 0) is 11.3 Å². The van der Waals surface area contributed by atoms with Gasteiger partial charge in [-0.2, -0.15) is 0 Å². The normalized spacial score (nSPS) is 17.2. The topological polar surface area (TPSA) is 9.23 Å². The highest BCUT2D eigenvalue weighted by molar-refractivity contribution is 9.10. The summed E-state index contributed by atoms with van der Waals surface area (Å²) in [6.45, 7) is 0.659. The van der Waals surface area contributed by atoms with Crippen molar-refractivity contribution in [2.45, 2.75) is 38.4 Å². The first-order valence-corrected chi connectivity index (χ1v) is 6.48. The predicted molar refractivity (Wildman–Crippen MR) is 66.2 cm³/mol. The summed E-state index contributed by atoms with van der Waals surface area (Å²) in [5.74, 6) is 0. The van der Waals surface area contributed by atoms with Crippen molar-refractivity contribution in [3.05, 3.63) is 33.3 Å². The lowest BCUT2D eigenvalue weighted by Gasteiger charge is -2.12. The molecule has 1 aromatic carbocycles. The molecule has 0 bridgehead atoms. The fourth-order valence-electron chi connectivity index (χ4n) is 1.92. The molecule has 1 fully saturated rings. The first-order valence-electron chi connectivity index (χ1n) is 5.31. The molecule has 0 heterocycles. The lowest BCUT2D eigenvalue weighted by Crippen LogP contribution is -2.07. The van der Waals surface area contributed by atoms with E-state index in [9.17, 15) is 0 Å². The third-order valence-corrected chi connectivity index (χ3v) is 3.79. The Morgan fingerprint density at radius 2 is 2.07 bits per heavy atom. The molecule has 1 nitrogen and oxygen atoms in total. The summed E-state index contributed by atoms with van der Waals surface area (Å²) >= 11 is 9.44. The van der Waals surface area contributed by atoms with Crippen LogP contribution in [0.4, 0.5) is 0 Å². The maximum atomic E-state index is 5.94. The van der Waals surface area contributed by atoms with E-state index < -0.39 is 0 Å². The Bertz CT molecular complexity index is 334. The standard InChI is InChI=1S/C12H14BrClO/c13-12-6-5-10(14)7-9(12)8-15-11-3-1-2-4-11/h5-7,11H,1-4,8H2. The molecule has 82 valence electrons. The average molecular weight is 290 g/mol. The fraction of sp³-hybridized carbons (Fsp3) is 0.500. The lowest BCUT2D eigenvalue weighted by molar-refractivity contribution is 0.0454. The number of benzene rings is 1. The molecule has 2 rings (SSSR count). The fourth-order valence-corrected chi connectivity index (χ4v) is 2.47. The molecule has 1 aromatic rings. The van der Waals surface area contributed by atoms with Crippen molar-refractivity contribution in [3.63, 3.8) is 0 Å². The van der Waals surface area contributed by atoms with Crippen LogP contribution >= 0.6 is 27.5 Å². The van der Waals surface area contributed by atoms with Gasteiger partial charge in [-0.1, -0.05) is 40.4 Å². The molecule has 15 heavy (non-hydrogen) atoms. The highest BCUT2D eigenvalue weighted by atomic mass is 79.9. The number of ether oxygens (including phenoxy) is 1. The molecule has 0 N–H and O–H groups in total. The minimum Gasteiger partial charge on any atom is -0.374 e. The monoisotopic (exact) mass is 288 g/mol. The van der Waals surface area contributed by atoms with E-state index in [1.807, 2.05) is 18.2 Å². The smallest absolute Gasteiger partial charge is 0.0732 e. The SMILES string of the molecule is Clc1ccc(Br)c(COC2CCCC2)c1. The Labute approximate surface area is 104 Å². The highest BCUT2D eigenvalue weighted by Crippen LogP contribution is 2.25. The maximum Gasteiger partial charge on any atom is 0.0732 e. The zero-order valence-electron chi connectivity index (χ0n) is 8.51. The van der Waals surface area contributed by atoms with Gasteiger partial charge in [0.2, 0.25) is 0 Å². The van der Waals surface area contributed by atoms with Gasteiger partial charge >= 0.3 is 0 Å². The predicted octanol–water partition coefficient (Wildman–Crippen LogP) is 4.56. The minimum atomic E-state index is 0.455. The van der Waals surface area contributed by atoms with Crippen LogP contribution < -0.4 is 0 Å². The molecule has 3 heteroatoms. The van der Waals surface area contributed by atoms with Crippen LogP contribution in [0.2, 0.25) is 5.02 Å². The van der Waals surface area contributed by atoms with Crippen LogP contribution in [0.1, 0.15) is 31.2 Å². The van der Waals surface area contributed by atoms with Crippen LogP contribution in [0, 0.1) is 0 Å². The van der Waals surface area contributed by atoms with Crippen LogP contribution in [-0.4, -0.2) is 6.10 Å². The van der Waals surface area contributed by atoms with Gasteiger partial charge < -0.3 is 4.74 Å². The second kappa shape index (κ2) is 5.33. The molecule has 0 aromatic heterocycles. The Morgan fingerprint density at radius 1 is 1.33 bits per heavy atom. The van der Waals surface area contributed by atoms with E-state index in [0.29, 0.717) is 12.7 Å². The van der Waals surface area contributed by atoms with Crippen molar-refractivity contribution in [1.82, 2.24) is 0 Å². The first-order chi connectivity index (χ1) is 7.25. The molecule has 0 spiro atoms. The Balaban J connectivity index is 1.94. The van der Waals surface area contributed by atoms with Gasteiger partial charge in [-0.25, -0.2) is 0 Å². The van der Waals surface area contributed by atoms with Crippen molar-refractivity contribution in [2.24, 2.45) is 0 Å². The summed E-state index contributed by atoms with van der Waals surface area (Å²) < 4.78 is 6.91. The van der Waals surface area contributed by atoms with E-state index >= 15 is 0 Å². The number of hydrogen-bond donors (Lipinski definition) is 0. The van der Waals surface area contributed by atoms with Crippen molar-refractivity contribution < 1.29 is 4.74 Å². The molecule has 1 aliphatic carbocycles. The molecule has 0 saturated heterocycles. The van der Waals surface area contributed by atoms with Gasteiger partial charge in [-0.15, -0.1) is 0 Å². The van der Waals surface area contributed by atoms with Crippen molar-refractivity contribution in [2.75, 3.05) is 0 Å².